The van der Waals surface area contributed by atoms with Crippen LogP contribution >= 0.6 is 0 Å². The zero-order chi connectivity index (χ0) is 17.2. The highest BCUT2D eigenvalue weighted by Gasteiger charge is 2.30. The van der Waals surface area contributed by atoms with E-state index >= 15 is 0 Å². The molecule has 1 aliphatic heterocycles. The predicted octanol–water partition coefficient (Wildman–Crippen LogP) is 3.60. The second-order valence-corrected chi connectivity index (χ2v) is 6.77. The third-order valence-electron chi connectivity index (χ3n) is 5.08. The van der Waals surface area contributed by atoms with Gasteiger partial charge in [0.05, 0.1) is 12.3 Å². The molecule has 3 heterocycles. The molecule has 0 bridgehead atoms. The number of para-hydroxylation sites is 1. The van der Waals surface area contributed by atoms with E-state index in [0.717, 1.165) is 43.9 Å². The Morgan fingerprint density at radius 1 is 1.32 bits per heavy atom. The lowest BCUT2D eigenvalue weighted by molar-refractivity contribution is 0.0904. The van der Waals surface area contributed by atoms with Crippen molar-refractivity contribution in [2.45, 2.75) is 32.4 Å². The normalized spacial score (nSPS) is 20.6. The van der Waals surface area contributed by atoms with Gasteiger partial charge in [0.25, 0.3) is 0 Å². The van der Waals surface area contributed by atoms with Crippen molar-refractivity contribution >= 4 is 11.0 Å². The Bertz CT molecular complexity index is 852. The number of benzene rings is 1. The molecule has 3 aromatic rings. The van der Waals surface area contributed by atoms with Gasteiger partial charge in [0, 0.05) is 61.8 Å². The number of aromatic nitrogens is 2. The van der Waals surface area contributed by atoms with Crippen LogP contribution in [0, 0.1) is 5.92 Å². The Hall–Kier alpha value is -2.11. The van der Waals surface area contributed by atoms with Crippen LogP contribution in [0.5, 0.6) is 0 Å². The quantitative estimate of drug-likeness (QED) is 0.745. The van der Waals surface area contributed by atoms with E-state index in [1.807, 2.05) is 30.1 Å². The molecular formula is C20H25N3O2. The topological polar surface area (TPSA) is 52.2 Å². The number of nitrogens with zero attached hydrogens (tertiary/aromatic N) is 2. The van der Waals surface area contributed by atoms with Gasteiger partial charge >= 0.3 is 0 Å². The molecule has 0 aliphatic carbocycles. The van der Waals surface area contributed by atoms with Crippen molar-refractivity contribution in [1.29, 1.82) is 0 Å². The molecule has 5 heteroatoms. The van der Waals surface area contributed by atoms with Crippen molar-refractivity contribution in [1.82, 2.24) is 15.1 Å². The molecular weight excluding hydrogens is 314 g/mol. The first-order valence-electron chi connectivity index (χ1n) is 9.06. The molecule has 0 saturated carbocycles. The third-order valence-corrected chi connectivity index (χ3v) is 5.08. The molecule has 2 aromatic heterocycles. The van der Waals surface area contributed by atoms with Crippen LogP contribution in [-0.4, -0.2) is 22.9 Å². The molecule has 1 fully saturated rings. The van der Waals surface area contributed by atoms with E-state index in [9.17, 15) is 0 Å². The number of furan rings is 1. The van der Waals surface area contributed by atoms with Gasteiger partial charge in [-0.15, -0.1) is 0 Å². The largest absolute Gasteiger partial charge is 0.461 e. The zero-order valence-corrected chi connectivity index (χ0v) is 14.9. The number of nitrogens with one attached hydrogen (secondary N) is 1. The van der Waals surface area contributed by atoms with E-state index in [0.29, 0.717) is 5.92 Å². The summed E-state index contributed by atoms with van der Waals surface area (Å²) >= 11 is 0. The molecule has 25 heavy (non-hydrogen) atoms. The third kappa shape index (κ3) is 3.22. The second-order valence-electron chi connectivity index (χ2n) is 6.77. The minimum absolute atomic E-state index is 0.146. The Kier molecular flexibility index (Phi) is 4.59. The summed E-state index contributed by atoms with van der Waals surface area (Å²) in [7, 11) is 1.95. The molecule has 0 radical (unpaired) electrons. The molecule has 4 rings (SSSR count). The van der Waals surface area contributed by atoms with Gasteiger partial charge < -0.3 is 14.5 Å². The van der Waals surface area contributed by atoms with Crippen LogP contribution in [0.1, 0.15) is 36.3 Å². The average Bonchev–Trinajstić information content (AvgIpc) is 3.33. The van der Waals surface area contributed by atoms with E-state index in [1.165, 1.54) is 16.5 Å². The monoisotopic (exact) mass is 339 g/mol. The standard InChI is InChI=1S/C20H25N3O2/c1-3-18-17(16-6-4-5-7-19(16)25-18)12-21-10-14-8-9-24-20(14)15-11-22-23(2)13-15/h4-7,11,13-14,20-21H,3,8-10,12H2,1-2H3/t14-,20-/m1/s1. The summed E-state index contributed by atoms with van der Waals surface area (Å²) in [5.41, 5.74) is 3.44. The lowest BCUT2D eigenvalue weighted by atomic mass is 9.97. The van der Waals surface area contributed by atoms with E-state index in [-0.39, 0.29) is 6.10 Å². The summed E-state index contributed by atoms with van der Waals surface area (Å²) in [6.07, 6.45) is 6.12. The van der Waals surface area contributed by atoms with Crippen LogP contribution in [-0.2, 0) is 24.8 Å². The van der Waals surface area contributed by atoms with Gasteiger partial charge in [-0.2, -0.15) is 5.10 Å². The minimum atomic E-state index is 0.146. The molecule has 1 N–H and O–H groups in total. The number of rotatable bonds is 6. The highest BCUT2D eigenvalue weighted by atomic mass is 16.5. The van der Waals surface area contributed by atoms with Crippen LogP contribution in [0.4, 0.5) is 0 Å². The van der Waals surface area contributed by atoms with Crippen LogP contribution in [0.15, 0.2) is 41.1 Å². The highest BCUT2D eigenvalue weighted by Crippen LogP contribution is 2.34. The Morgan fingerprint density at radius 3 is 3.00 bits per heavy atom. The number of hydrogen-bond donors (Lipinski definition) is 1. The Morgan fingerprint density at radius 2 is 2.20 bits per heavy atom. The smallest absolute Gasteiger partial charge is 0.134 e. The summed E-state index contributed by atoms with van der Waals surface area (Å²) in [6.45, 7) is 4.73. The fraction of sp³-hybridized carbons (Fsp3) is 0.450. The Labute approximate surface area is 148 Å². The molecule has 1 saturated heterocycles. The molecule has 1 aliphatic rings. The zero-order valence-electron chi connectivity index (χ0n) is 14.9. The van der Waals surface area contributed by atoms with Gasteiger partial charge in [0.1, 0.15) is 11.3 Å². The van der Waals surface area contributed by atoms with Gasteiger partial charge in [-0.1, -0.05) is 25.1 Å². The maximum atomic E-state index is 5.99. The first kappa shape index (κ1) is 16.4. The maximum Gasteiger partial charge on any atom is 0.134 e. The molecule has 2 atom stereocenters. The fourth-order valence-electron chi connectivity index (χ4n) is 3.81. The van der Waals surface area contributed by atoms with Crippen LogP contribution < -0.4 is 5.32 Å². The number of ether oxygens (including phenoxy) is 1. The van der Waals surface area contributed by atoms with Crippen LogP contribution in [0.25, 0.3) is 11.0 Å². The number of hydrogen-bond acceptors (Lipinski definition) is 4. The molecule has 5 nitrogen and oxygen atoms in total. The summed E-state index contributed by atoms with van der Waals surface area (Å²) in [5, 5.41) is 9.13. The Balaban J connectivity index is 1.44. The lowest BCUT2D eigenvalue weighted by Gasteiger charge is -2.18. The minimum Gasteiger partial charge on any atom is -0.461 e. The predicted molar refractivity (Wildman–Crippen MR) is 97.3 cm³/mol. The lowest BCUT2D eigenvalue weighted by Crippen LogP contribution is -2.24. The maximum absolute atomic E-state index is 5.99. The average molecular weight is 339 g/mol. The molecule has 0 spiro atoms. The van der Waals surface area contributed by atoms with Crippen molar-refractivity contribution in [3.63, 3.8) is 0 Å². The SMILES string of the molecule is CCc1oc2ccccc2c1CNC[C@H]1CCO[C@H]1c1cnn(C)c1. The van der Waals surface area contributed by atoms with Crippen molar-refractivity contribution in [3.8, 4) is 0 Å². The molecule has 132 valence electrons. The van der Waals surface area contributed by atoms with Crippen LogP contribution in [0.3, 0.4) is 0 Å². The molecule has 0 amide bonds. The van der Waals surface area contributed by atoms with Crippen molar-refractivity contribution in [2.24, 2.45) is 13.0 Å². The fourth-order valence-corrected chi connectivity index (χ4v) is 3.81. The first-order chi connectivity index (χ1) is 12.3. The molecule has 0 unspecified atom stereocenters. The number of aryl methyl sites for hydroxylation is 2. The van der Waals surface area contributed by atoms with Gasteiger partial charge in [0.2, 0.25) is 0 Å². The second kappa shape index (κ2) is 7.02. The van der Waals surface area contributed by atoms with Gasteiger partial charge in [0.15, 0.2) is 0 Å². The van der Waals surface area contributed by atoms with Crippen molar-refractivity contribution in [3.05, 3.63) is 53.5 Å². The van der Waals surface area contributed by atoms with Crippen molar-refractivity contribution in [2.75, 3.05) is 13.2 Å². The van der Waals surface area contributed by atoms with Crippen LogP contribution in [0.2, 0.25) is 0 Å². The van der Waals surface area contributed by atoms with E-state index in [2.05, 4.69) is 35.7 Å². The first-order valence-corrected chi connectivity index (χ1v) is 9.06. The van der Waals surface area contributed by atoms with Gasteiger partial charge in [-0.05, 0) is 12.5 Å². The highest BCUT2D eigenvalue weighted by molar-refractivity contribution is 5.82. The molecule has 1 aromatic carbocycles. The number of fused-ring (bicyclic) bond motifs is 1. The van der Waals surface area contributed by atoms with E-state index < -0.39 is 0 Å². The van der Waals surface area contributed by atoms with Crippen molar-refractivity contribution < 1.29 is 9.15 Å². The summed E-state index contributed by atoms with van der Waals surface area (Å²) in [4.78, 5) is 0. The van der Waals surface area contributed by atoms with E-state index in [1.54, 1.807) is 0 Å². The summed E-state index contributed by atoms with van der Waals surface area (Å²) in [6, 6.07) is 8.29. The summed E-state index contributed by atoms with van der Waals surface area (Å²) in [5.74, 6) is 1.56. The van der Waals surface area contributed by atoms with Gasteiger partial charge in [-0.25, -0.2) is 0 Å². The van der Waals surface area contributed by atoms with E-state index in [4.69, 9.17) is 9.15 Å². The summed E-state index contributed by atoms with van der Waals surface area (Å²) < 4.78 is 13.8. The van der Waals surface area contributed by atoms with Gasteiger partial charge in [-0.3, -0.25) is 4.68 Å².